The fourth-order valence-corrected chi connectivity index (χ4v) is 3.07. The van der Waals surface area contributed by atoms with Gasteiger partial charge in [-0.2, -0.15) is 0 Å². The van der Waals surface area contributed by atoms with Gasteiger partial charge in [0.15, 0.2) is 5.96 Å². The minimum atomic E-state index is 0.185. The fraction of sp³-hybridized carbons (Fsp3) is 0.368. The summed E-state index contributed by atoms with van der Waals surface area (Å²) in [5.74, 6) is 0.798. The van der Waals surface area contributed by atoms with Crippen LogP contribution in [0.15, 0.2) is 47.5 Å². The lowest BCUT2D eigenvalue weighted by Crippen LogP contribution is -2.41. The Morgan fingerprint density at radius 1 is 1.21 bits per heavy atom. The number of halogens is 1. The quantitative estimate of drug-likeness (QED) is 0.646. The van der Waals surface area contributed by atoms with Crippen molar-refractivity contribution in [3.05, 3.63) is 64.4 Å². The third kappa shape index (κ3) is 4.06. The Balaban J connectivity index is 1.56. The zero-order valence-electron chi connectivity index (χ0n) is 14.1. The lowest BCUT2D eigenvalue weighted by Gasteiger charge is -2.19. The molecule has 0 aliphatic heterocycles. The van der Waals surface area contributed by atoms with Gasteiger partial charge in [-0.1, -0.05) is 29.8 Å². The predicted octanol–water partition coefficient (Wildman–Crippen LogP) is 3.44. The molecule has 0 spiro atoms. The molecule has 0 amide bonds. The maximum Gasteiger partial charge on any atom is 0.191 e. The highest BCUT2D eigenvalue weighted by molar-refractivity contribution is 6.30. The molecule has 1 heterocycles. The second-order valence-electron chi connectivity index (χ2n) is 6.34. The Morgan fingerprint density at radius 2 is 2.00 bits per heavy atom. The second kappa shape index (κ2) is 7.22. The highest BCUT2D eigenvalue weighted by atomic mass is 35.5. The Labute approximate surface area is 148 Å². The largest absolute Gasteiger partial charge is 0.356 e. The first-order chi connectivity index (χ1) is 11.6. The van der Waals surface area contributed by atoms with Crippen molar-refractivity contribution in [2.45, 2.75) is 31.7 Å². The fourth-order valence-electron chi connectivity index (χ4n) is 2.88. The second-order valence-corrected chi connectivity index (χ2v) is 6.78. The van der Waals surface area contributed by atoms with Crippen molar-refractivity contribution < 1.29 is 0 Å². The van der Waals surface area contributed by atoms with E-state index in [1.165, 1.54) is 18.4 Å². The zero-order chi connectivity index (χ0) is 17.0. The van der Waals surface area contributed by atoms with E-state index >= 15 is 0 Å². The van der Waals surface area contributed by atoms with Crippen LogP contribution in [0.1, 0.15) is 29.8 Å². The number of rotatable bonds is 5. The van der Waals surface area contributed by atoms with Gasteiger partial charge in [-0.3, -0.25) is 9.98 Å². The van der Waals surface area contributed by atoms with Gasteiger partial charge in [-0.15, -0.1) is 0 Å². The molecule has 1 aromatic heterocycles. The van der Waals surface area contributed by atoms with Gasteiger partial charge < -0.3 is 10.6 Å². The molecule has 126 valence electrons. The zero-order valence-corrected chi connectivity index (χ0v) is 14.9. The molecular weight excluding hydrogens is 320 g/mol. The van der Waals surface area contributed by atoms with Gasteiger partial charge in [0.05, 0.1) is 12.2 Å². The summed E-state index contributed by atoms with van der Waals surface area (Å²) in [5, 5.41) is 7.57. The molecule has 24 heavy (non-hydrogen) atoms. The number of nitrogens with zero attached hydrogens (tertiary/aromatic N) is 2. The molecule has 5 heteroatoms. The van der Waals surface area contributed by atoms with Crippen molar-refractivity contribution in [2.75, 3.05) is 13.6 Å². The molecule has 0 atom stereocenters. The molecule has 0 saturated heterocycles. The van der Waals surface area contributed by atoms with Gasteiger partial charge in [-0.25, -0.2) is 0 Å². The normalized spacial score (nSPS) is 15.9. The first kappa shape index (κ1) is 16.8. The summed E-state index contributed by atoms with van der Waals surface area (Å²) in [4.78, 5) is 8.81. The highest BCUT2D eigenvalue weighted by Crippen LogP contribution is 2.48. The molecule has 1 aliphatic carbocycles. The molecule has 1 saturated carbocycles. The van der Waals surface area contributed by atoms with Gasteiger partial charge in [0, 0.05) is 29.7 Å². The highest BCUT2D eigenvalue weighted by Gasteiger charge is 2.44. The summed E-state index contributed by atoms with van der Waals surface area (Å²) < 4.78 is 0. The molecule has 1 fully saturated rings. The van der Waals surface area contributed by atoms with Crippen molar-refractivity contribution in [1.29, 1.82) is 0 Å². The van der Waals surface area contributed by atoms with E-state index in [1.807, 2.05) is 37.3 Å². The number of aromatic nitrogens is 1. The van der Waals surface area contributed by atoms with E-state index in [0.717, 1.165) is 28.9 Å². The van der Waals surface area contributed by atoms with E-state index in [9.17, 15) is 0 Å². The molecule has 2 N–H and O–H groups in total. The third-order valence-corrected chi connectivity index (χ3v) is 4.73. The van der Waals surface area contributed by atoms with Gasteiger partial charge >= 0.3 is 0 Å². The summed E-state index contributed by atoms with van der Waals surface area (Å²) in [6.07, 6.45) is 2.35. The molecule has 1 aromatic carbocycles. The van der Waals surface area contributed by atoms with Crippen molar-refractivity contribution in [3.8, 4) is 0 Å². The van der Waals surface area contributed by atoms with Gasteiger partial charge in [0.1, 0.15) is 0 Å². The summed E-state index contributed by atoms with van der Waals surface area (Å²) in [6.45, 7) is 3.51. The van der Waals surface area contributed by atoms with Crippen LogP contribution >= 0.6 is 11.6 Å². The molecule has 4 nitrogen and oxygen atoms in total. The average molecular weight is 343 g/mol. The van der Waals surface area contributed by atoms with Gasteiger partial charge in [-0.05, 0) is 49.6 Å². The number of aryl methyl sites for hydroxylation is 1. The van der Waals surface area contributed by atoms with Crippen LogP contribution in [0.2, 0.25) is 5.02 Å². The number of nitrogens with one attached hydrogen (secondary N) is 2. The van der Waals surface area contributed by atoms with Crippen LogP contribution in [0, 0.1) is 6.92 Å². The molecule has 1 aliphatic rings. The van der Waals surface area contributed by atoms with Crippen LogP contribution in [-0.2, 0) is 12.0 Å². The van der Waals surface area contributed by atoms with E-state index in [2.05, 4.69) is 32.7 Å². The summed E-state index contributed by atoms with van der Waals surface area (Å²) in [5.41, 5.74) is 3.52. The molecular formula is C19H23ClN4. The predicted molar refractivity (Wildman–Crippen MR) is 99.5 cm³/mol. The first-order valence-corrected chi connectivity index (χ1v) is 8.62. The Hall–Kier alpha value is -2.07. The number of aliphatic imine (C=N–C) groups is 1. The summed E-state index contributed by atoms with van der Waals surface area (Å²) in [6, 6.07) is 14.2. The molecule has 0 bridgehead atoms. The first-order valence-electron chi connectivity index (χ1n) is 8.24. The number of hydrogen-bond acceptors (Lipinski definition) is 2. The van der Waals surface area contributed by atoms with Crippen molar-refractivity contribution >= 4 is 17.6 Å². The SMILES string of the molecule is CN=C(NCc1cccc(C)n1)NCC1(c2cccc(Cl)c2)CC1. The average Bonchev–Trinajstić information content (AvgIpc) is 3.36. The molecule has 3 rings (SSSR count). The standard InChI is InChI=1S/C19H23ClN4/c1-14-5-3-8-17(24-14)12-22-18(21-2)23-13-19(9-10-19)15-6-4-7-16(20)11-15/h3-8,11H,9-10,12-13H2,1-2H3,(H2,21,22,23). The topological polar surface area (TPSA) is 49.3 Å². The Morgan fingerprint density at radius 3 is 2.67 bits per heavy atom. The van der Waals surface area contributed by atoms with E-state index in [0.29, 0.717) is 6.54 Å². The monoisotopic (exact) mass is 342 g/mol. The lowest BCUT2D eigenvalue weighted by molar-refractivity contribution is 0.644. The van der Waals surface area contributed by atoms with Gasteiger partial charge in [0.25, 0.3) is 0 Å². The smallest absolute Gasteiger partial charge is 0.191 e. The van der Waals surface area contributed by atoms with Crippen LogP contribution in [0.25, 0.3) is 0 Å². The molecule has 2 aromatic rings. The van der Waals surface area contributed by atoms with Crippen LogP contribution in [0.3, 0.4) is 0 Å². The van der Waals surface area contributed by atoms with Crippen LogP contribution in [-0.4, -0.2) is 24.5 Å². The van der Waals surface area contributed by atoms with Gasteiger partial charge in [0.2, 0.25) is 0 Å². The van der Waals surface area contributed by atoms with E-state index in [-0.39, 0.29) is 5.41 Å². The van der Waals surface area contributed by atoms with E-state index in [4.69, 9.17) is 11.6 Å². The van der Waals surface area contributed by atoms with E-state index < -0.39 is 0 Å². The van der Waals surface area contributed by atoms with Crippen molar-refractivity contribution in [1.82, 2.24) is 15.6 Å². The number of benzene rings is 1. The summed E-state index contributed by atoms with van der Waals surface area (Å²) >= 11 is 6.14. The number of pyridine rings is 1. The maximum atomic E-state index is 6.14. The Bertz CT molecular complexity index is 738. The van der Waals surface area contributed by atoms with Crippen molar-refractivity contribution in [3.63, 3.8) is 0 Å². The number of guanidine groups is 1. The van der Waals surface area contributed by atoms with Crippen molar-refractivity contribution in [2.24, 2.45) is 4.99 Å². The minimum absolute atomic E-state index is 0.185. The Kier molecular flexibility index (Phi) is 5.05. The minimum Gasteiger partial charge on any atom is -0.356 e. The third-order valence-electron chi connectivity index (χ3n) is 4.49. The summed E-state index contributed by atoms with van der Waals surface area (Å²) in [7, 11) is 1.79. The van der Waals surface area contributed by atoms with E-state index in [1.54, 1.807) is 7.05 Å². The molecule has 0 unspecified atom stereocenters. The molecule has 0 radical (unpaired) electrons. The number of hydrogen-bond donors (Lipinski definition) is 2. The van der Waals surface area contributed by atoms with Crippen LogP contribution in [0.4, 0.5) is 0 Å². The lowest BCUT2D eigenvalue weighted by atomic mass is 9.96. The van der Waals surface area contributed by atoms with Crippen LogP contribution < -0.4 is 10.6 Å². The maximum absolute atomic E-state index is 6.14. The van der Waals surface area contributed by atoms with Crippen LogP contribution in [0.5, 0.6) is 0 Å².